The molecule has 0 bridgehead atoms. The first kappa shape index (κ1) is 39.1. The maximum atomic E-state index is 12.1. The van der Waals surface area contributed by atoms with E-state index in [1.165, 1.54) is 32.2 Å². The van der Waals surface area contributed by atoms with E-state index in [4.69, 9.17) is 32.2 Å². The molecule has 58 heavy (non-hydrogen) atoms. The summed E-state index contributed by atoms with van der Waals surface area (Å²) in [6, 6.07) is 15.4. The lowest BCUT2D eigenvalue weighted by atomic mass is 9.92. The summed E-state index contributed by atoms with van der Waals surface area (Å²) in [5, 5.41) is 22.1. The molecule has 6 aromatic heterocycles. The molecule has 0 fully saturated rings. The van der Waals surface area contributed by atoms with Gasteiger partial charge in [-0.2, -0.15) is 0 Å². The van der Waals surface area contributed by atoms with E-state index in [1.54, 1.807) is 66.0 Å². The van der Waals surface area contributed by atoms with Crippen LogP contribution in [-0.2, 0) is 0 Å². The zero-order valence-corrected chi connectivity index (χ0v) is 32.4. The molecule has 1 aliphatic carbocycles. The Labute approximate surface area is 329 Å². The summed E-state index contributed by atoms with van der Waals surface area (Å²) in [7, 11) is 6.29. The lowest BCUT2D eigenvalue weighted by Crippen LogP contribution is -2.20. The van der Waals surface area contributed by atoms with Crippen LogP contribution >= 0.6 is 0 Å². The minimum Gasteiger partial charge on any atom is -0.494 e. The van der Waals surface area contributed by atoms with E-state index in [-0.39, 0.29) is 51.5 Å². The predicted molar refractivity (Wildman–Crippen MR) is 210 cm³/mol. The Hall–Kier alpha value is -7.10. The first-order valence-electron chi connectivity index (χ1n) is 17.8. The Kier molecular flexibility index (Phi) is 10.7. The molecule has 8 aromatic rings. The summed E-state index contributed by atoms with van der Waals surface area (Å²) >= 11 is 0. The maximum absolute atomic E-state index is 12.1. The number of aromatic nitrogens is 3. The van der Waals surface area contributed by atoms with Gasteiger partial charge in [0.05, 0.1) is 61.1 Å². The number of hydrogen-bond donors (Lipinski definition) is 2. The van der Waals surface area contributed by atoms with Crippen LogP contribution in [0.2, 0.25) is 0 Å². The highest BCUT2D eigenvalue weighted by atomic mass is 16.5. The van der Waals surface area contributed by atoms with Crippen LogP contribution in [0.3, 0.4) is 0 Å². The number of rotatable bonds is 7. The number of Topliss-reactive ketones (excluding diaryl/α,β-unsaturated/α-hetero) is 1. The molecule has 15 nitrogen and oxygen atoms in total. The zero-order chi connectivity index (χ0) is 41.4. The second-order valence-electron chi connectivity index (χ2n) is 13.0. The van der Waals surface area contributed by atoms with Gasteiger partial charge in [0.2, 0.25) is 11.6 Å². The Morgan fingerprint density at radius 2 is 1.10 bits per heavy atom. The summed E-state index contributed by atoms with van der Waals surface area (Å²) in [4.78, 5) is 48.4. The van der Waals surface area contributed by atoms with Gasteiger partial charge >= 0.3 is 0 Å². The van der Waals surface area contributed by atoms with Gasteiger partial charge in [0.15, 0.2) is 51.5 Å². The van der Waals surface area contributed by atoms with Crippen molar-refractivity contribution in [3.8, 4) is 23.0 Å². The number of carbonyl (C=O) groups is 3. The normalized spacial score (nSPS) is 12.9. The van der Waals surface area contributed by atoms with Gasteiger partial charge in [0.25, 0.3) is 0 Å². The Bertz CT molecular complexity index is 2710. The van der Waals surface area contributed by atoms with Crippen molar-refractivity contribution in [2.45, 2.75) is 33.0 Å². The summed E-state index contributed by atoms with van der Waals surface area (Å²) < 4.78 is 38.4. The molecule has 0 amide bonds. The largest absolute Gasteiger partial charge is 0.494 e. The highest BCUT2D eigenvalue weighted by Crippen LogP contribution is 2.45. The molecule has 0 aliphatic heterocycles. The molecule has 1 aliphatic rings. The van der Waals surface area contributed by atoms with Crippen LogP contribution in [0.25, 0.3) is 43.7 Å². The molecule has 2 unspecified atom stereocenters. The molecule has 296 valence electrons. The minimum absolute atomic E-state index is 0.0172. The van der Waals surface area contributed by atoms with E-state index in [0.717, 1.165) is 16.2 Å². The highest BCUT2D eigenvalue weighted by molar-refractivity contribution is 6.26. The number of methoxy groups -OCH3 is 4. The summed E-state index contributed by atoms with van der Waals surface area (Å²) in [5.41, 5.74) is 2.97. The molecule has 0 spiro atoms. The number of hydrogen-bond acceptors (Lipinski definition) is 15. The van der Waals surface area contributed by atoms with Gasteiger partial charge in [-0.25, -0.2) is 0 Å². The Balaban J connectivity index is 0.000000133. The summed E-state index contributed by atoms with van der Waals surface area (Å²) in [6.45, 7) is 4.61. The molecule has 0 saturated carbocycles. The molecule has 2 N–H and O–H groups in total. The van der Waals surface area contributed by atoms with Gasteiger partial charge in [0.1, 0.15) is 40.5 Å². The molecule has 2 aromatic carbocycles. The Morgan fingerprint density at radius 3 is 1.64 bits per heavy atom. The van der Waals surface area contributed by atoms with Crippen molar-refractivity contribution < 1.29 is 56.8 Å². The number of ketones is 3. The average Bonchev–Trinajstić information content (AvgIpc) is 4.00. The van der Waals surface area contributed by atoms with E-state index in [1.807, 2.05) is 24.3 Å². The number of benzene rings is 2. The summed E-state index contributed by atoms with van der Waals surface area (Å²) in [6.07, 6.45) is 3.28. The monoisotopic (exact) mass is 787 g/mol. The third-order valence-corrected chi connectivity index (χ3v) is 9.38. The number of nitrogens with zero attached hydrogens (tertiary/aromatic N) is 3. The minimum atomic E-state index is -0.868. The lowest BCUT2D eigenvalue weighted by Gasteiger charge is -2.10. The van der Waals surface area contributed by atoms with Crippen LogP contribution in [0, 0.1) is 0 Å². The van der Waals surface area contributed by atoms with Crippen LogP contribution in [-0.4, -0.2) is 71.0 Å². The number of ether oxygens (including phenoxy) is 4. The van der Waals surface area contributed by atoms with Crippen LogP contribution in [0.5, 0.6) is 23.0 Å². The molecule has 0 radical (unpaired) electrons. The van der Waals surface area contributed by atoms with Crippen LogP contribution in [0.4, 0.5) is 0 Å². The second kappa shape index (κ2) is 15.8. The summed E-state index contributed by atoms with van der Waals surface area (Å²) in [5.74, 6) is 2.38. The van der Waals surface area contributed by atoms with Crippen LogP contribution in [0.1, 0.15) is 87.2 Å². The number of aliphatic hydroxyl groups is 2. The average molecular weight is 788 g/mol. The van der Waals surface area contributed by atoms with Crippen molar-refractivity contribution in [3.05, 3.63) is 113 Å². The zero-order valence-electron chi connectivity index (χ0n) is 32.4. The van der Waals surface area contributed by atoms with Crippen molar-refractivity contribution in [1.29, 1.82) is 0 Å². The van der Waals surface area contributed by atoms with Crippen molar-refractivity contribution in [2.75, 3.05) is 28.4 Å². The van der Waals surface area contributed by atoms with Crippen molar-refractivity contribution in [2.24, 2.45) is 0 Å². The number of furan rings is 3. The van der Waals surface area contributed by atoms with Crippen LogP contribution < -0.4 is 18.9 Å². The van der Waals surface area contributed by atoms with E-state index in [0.29, 0.717) is 56.3 Å². The van der Waals surface area contributed by atoms with Crippen molar-refractivity contribution in [3.63, 3.8) is 0 Å². The molecule has 9 rings (SSSR count). The maximum Gasteiger partial charge on any atom is 0.231 e. The fourth-order valence-corrected chi connectivity index (χ4v) is 6.69. The predicted octanol–water partition coefficient (Wildman–Crippen LogP) is 7.76. The number of pyridine rings is 3. The topological polar surface area (TPSA) is 207 Å². The molecule has 6 heterocycles. The van der Waals surface area contributed by atoms with Gasteiger partial charge in [-0.05, 0) is 68.4 Å². The van der Waals surface area contributed by atoms with E-state index < -0.39 is 12.2 Å². The third kappa shape index (κ3) is 6.65. The van der Waals surface area contributed by atoms with E-state index in [9.17, 15) is 24.6 Å². The van der Waals surface area contributed by atoms with E-state index in [2.05, 4.69) is 15.0 Å². The number of aliphatic hydroxyl groups excluding tert-OH is 2. The van der Waals surface area contributed by atoms with Gasteiger partial charge in [-0.3, -0.25) is 29.3 Å². The van der Waals surface area contributed by atoms with Gasteiger partial charge in [0, 0.05) is 25.5 Å². The smallest absolute Gasteiger partial charge is 0.231 e. The highest BCUT2D eigenvalue weighted by Gasteiger charge is 2.35. The number of carbonyl (C=O) groups excluding carboxylic acids is 3. The Morgan fingerprint density at radius 1 is 0.603 bits per heavy atom. The molecule has 15 heteroatoms. The number of fused-ring (bicyclic) bond motifs is 6. The quantitative estimate of drug-likeness (QED) is 0.148. The van der Waals surface area contributed by atoms with Gasteiger partial charge in [-0.1, -0.05) is 0 Å². The molecule has 0 saturated heterocycles. The lowest BCUT2D eigenvalue weighted by molar-refractivity contribution is 0.0950. The standard InChI is InChI=1S/C15H15NO4.C15H13NO4.C13H9NO4/c2*1-8(17)11-7-10-13(18-2)12-9(5-4-6-16-12)14(19-3)15(10)20-11;1-6(15)9-5-8-11(16)10-7(3-2-4-14-10)12(17)13(8)18-9/h4-8,17H,1-3H3;4-7H,1-3H3;2-6,15H,1H3. The van der Waals surface area contributed by atoms with Gasteiger partial charge in [-0.15, -0.1) is 0 Å². The van der Waals surface area contributed by atoms with E-state index >= 15 is 0 Å². The third-order valence-electron chi connectivity index (χ3n) is 9.38. The van der Waals surface area contributed by atoms with Crippen molar-refractivity contribution in [1.82, 2.24) is 15.0 Å². The van der Waals surface area contributed by atoms with Crippen LogP contribution in [0.15, 0.2) is 86.4 Å². The first-order valence-corrected chi connectivity index (χ1v) is 17.8. The SMILES string of the molecule is CC(O)c1cc2c(o1)C(=O)c1cccnc1C2=O.COc1c2cc(C(C)=O)oc2c(OC)c2cccnc12.COc1c2cc(C(C)O)oc2c(OC)c2cccnc12. The molecular formula is C43H37N3O12. The first-order chi connectivity index (χ1) is 27.9. The molecular weight excluding hydrogens is 750 g/mol. The fraction of sp³-hybridized carbons (Fsp3) is 0.209. The molecule has 2 atom stereocenters. The van der Waals surface area contributed by atoms with Gasteiger partial charge < -0.3 is 42.4 Å². The van der Waals surface area contributed by atoms with Crippen molar-refractivity contribution >= 4 is 61.1 Å². The fourth-order valence-electron chi connectivity index (χ4n) is 6.69. The second-order valence-corrected chi connectivity index (χ2v) is 13.0.